The SMILES string of the molecule is CCOC(=O)C(C/C=C\CO)(Cc1ccc(F)cc1)C(=O)OCC. The molecule has 0 aliphatic heterocycles. The minimum Gasteiger partial charge on any atom is -0.465 e. The maximum atomic E-state index is 13.1. The topological polar surface area (TPSA) is 72.8 Å². The highest BCUT2D eigenvalue weighted by Gasteiger charge is 2.48. The molecule has 0 radical (unpaired) electrons. The molecule has 0 bridgehead atoms. The number of ether oxygens (including phenoxy) is 2. The van der Waals surface area contributed by atoms with Crippen molar-refractivity contribution in [1.82, 2.24) is 0 Å². The van der Waals surface area contributed by atoms with Crippen LogP contribution in [-0.2, 0) is 25.5 Å². The summed E-state index contributed by atoms with van der Waals surface area (Å²) in [5.41, 5.74) is -0.967. The Labute approximate surface area is 141 Å². The van der Waals surface area contributed by atoms with Crippen LogP contribution in [0.3, 0.4) is 0 Å². The molecule has 0 aromatic heterocycles. The molecular formula is C18H23FO5. The second-order valence-electron chi connectivity index (χ2n) is 5.18. The van der Waals surface area contributed by atoms with E-state index in [-0.39, 0.29) is 32.7 Å². The number of benzene rings is 1. The lowest BCUT2D eigenvalue weighted by molar-refractivity contribution is -0.171. The van der Waals surface area contributed by atoms with Crippen LogP contribution in [0.25, 0.3) is 0 Å². The number of esters is 2. The van der Waals surface area contributed by atoms with Gasteiger partial charge in [-0.1, -0.05) is 24.3 Å². The van der Waals surface area contributed by atoms with E-state index < -0.39 is 23.2 Å². The maximum absolute atomic E-state index is 13.1. The fraction of sp³-hybridized carbons (Fsp3) is 0.444. The summed E-state index contributed by atoms with van der Waals surface area (Å²) >= 11 is 0. The normalized spacial score (nSPS) is 11.5. The molecule has 6 heteroatoms. The third-order valence-electron chi connectivity index (χ3n) is 3.49. The molecule has 0 saturated heterocycles. The van der Waals surface area contributed by atoms with Gasteiger partial charge in [-0.2, -0.15) is 0 Å². The third kappa shape index (κ3) is 5.16. The number of carbonyl (C=O) groups is 2. The lowest BCUT2D eigenvalue weighted by atomic mass is 9.78. The minimum atomic E-state index is -1.57. The Morgan fingerprint density at radius 2 is 1.62 bits per heavy atom. The van der Waals surface area contributed by atoms with E-state index in [2.05, 4.69) is 0 Å². The van der Waals surface area contributed by atoms with Gasteiger partial charge < -0.3 is 14.6 Å². The van der Waals surface area contributed by atoms with E-state index in [1.54, 1.807) is 13.8 Å². The molecule has 0 atom stereocenters. The largest absolute Gasteiger partial charge is 0.465 e. The first-order valence-electron chi connectivity index (χ1n) is 7.85. The van der Waals surface area contributed by atoms with Crippen LogP contribution >= 0.6 is 0 Å². The van der Waals surface area contributed by atoms with Gasteiger partial charge in [0.2, 0.25) is 0 Å². The Morgan fingerprint density at radius 1 is 1.08 bits per heavy atom. The summed E-state index contributed by atoms with van der Waals surface area (Å²) in [5, 5.41) is 8.91. The van der Waals surface area contributed by atoms with Crippen LogP contribution in [0.15, 0.2) is 36.4 Å². The third-order valence-corrected chi connectivity index (χ3v) is 3.49. The molecule has 0 amide bonds. The van der Waals surface area contributed by atoms with Crippen molar-refractivity contribution in [2.45, 2.75) is 26.7 Å². The molecule has 0 aliphatic rings. The number of rotatable bonds is 9. The number of allylic oxidation sites excluding steroid dienone is 1. The molecule has 0 spiro atoms. The van der Waals surface area contributed by atoms with Gasteiger partial charge in [0, 0.05) is 0 Å². The van der Waals surface area contributed by atoms with Gasteiger partial charge in [-0.25, -0.2) is 4.39 Å². The van der Waals surface area contributed by atoms with Crippen LogP contribution in [-0.4, -0.2) is 36.9 Å². The lowest BCUT2D eigenvalue weighted by Gasteiger charge is -2.28. The molecule has 1 N–H and O–H groups in total. The van der Waals surface area contributed by atoms with Crippen molar-refractivity contribution in [3.05, 3.63) is 47.8 Å². The van der Waals surface area contributed by atoms with E-state index in [1.165, 1.54) is 36.4 Å². The fourth-order valence-corrected chi connectivity index (χ4v) is 2.31. The zero-order chi connectivity index (χ0) is 18.0. The summed E-state index contributed by atoms with van der Waals surface area (Å²) in [6.07, 6.45) is 3.01. The number of hydrogen-bond donors (Lipinski definition) is 1. The van der Waals surface area contributed by atoms with Crippen molar-refractivity contribution >= 4 is 11.9 Å². The van der Waals surface area contributed by atoms with Crippen LogP contribution in [0.4, 0.5) is 4.39 Å². The molecular weight excluding hydrogens is 315 g/mol. The first-order chi connectivity index (χ1) is 11.5. The van der Waals surface area contributed by atoms with E-state index in [0.717, 1.165) is 0 Å². The molecule has 132 valence electrons. The van der Waals surface area contributed by atoms with Gasteiger partial charge in [0.1, 0.15) is 5.82 Å². The van der Waals surface area contributed by atoms with Crippen LogP contribution in [0.1, 0.15) is 25.8 Å². The highest BCUT2D eigenvalue weighted by Crippen LogP contribution is 2.32. The van der Waals surface area contributed by atoms with Crippen molar-refractivity contribution in [2.75, 3.05) is 19.8 Å². The fourth-order valence-electron chi connectivity index (χ4n) is 2.31. The number of aliphatic hydroxyl groups excluding tert-OH is 1. The Hall–Kier alpha value is -2.21. The Bertz CT molecular complexity index is 547. The summed E-state index contributed by atoms with van der Waals surface area (Å²) in [7, 11) is 0. The van der Waals surface area contributed by atoms with E-state index in [4.69, 9.17) is 14.6 Å². The monoisotopic (exact) mass is 338 g/mol. The molecule has 0 fully saturated rings. The molecule has 5 nitrogen and oxygen atoms in total. The van der Waals surface area contributed by atoms with Crippen LogP contribution in [0, 0.1) is 11.2 Å². The van der Waals surface area contributed by atoms with Gasteiger partial charge >= 0.3 is 11.9 Å². The number of carbonyl (C=O) groups excluding carboxylic acids is 2. The average molecular weight is 338 g/mol. The Morgan fingerprint density at radius 3 is 2.08 bits per heavy atom. The first kappa shape index (κ1) is 19.8. The second-order valence-corrected chi connectivity index (χ2v) is 5.18. The summed E-state index contributed by atoms with van der Waals surface area (Å²) in [6, 6.07) is 5.55. The molecule has 1 rings (SSSR count). The van der Waals surface area contributed by atoms with Crippen LogP contribution in [0.5, 0.6) is 0 Å². The molecule has 0 saturated carbocycles. The predicted octanol–water partition coefficient (Wildman–Crippen LogP) is 2.42. The Kier molecular flexibility index (Phi) is 8.12. The van der Waals surface area contributed by atoms with Gasteiger partial charge in [0.25, 0.3) is 0 Å². The van der Waals surface area contributed by atoms with E-state index in [0.29, 0.717) is 5.56 Å². The number of hydrogen-bond acceptors (Lipinski definition) is 5. The van der Waals surface area contributed by atoms with Crippen LogP contribution < -0.4 is 0 Å². The molecule has 24 heavy (non-hydrogen) atoms. The van der Waals surface area contributed by atoms with E-state index in [1.807, 2.05) is 0 Å². The van der Waals surface area contributed by atoms with Crippen molar-refractivity contribution < 1.29 is 28.6 Å². The number of halogens is 1. The predicted molar refractivity (Wildman–Crippen MR) is 86.6 cm³/mol. The first-order valence-corrected chi connectivity index (χ1v) is 7.85. The molecule has 1 aromatic carbocycles. The van der Waals surface area contributed by atoms with E-state index >= 15 is 0 Å². The average Bonchev–Trinajstić information content (AvgIpc) is 2.56. The van der Waals surface area contributed by atoms with Crippen molar-refractivity contribution in [3.8, 4) is 0 Å². The standard InChI is InChI=1S/C18H23FO5/c1-3-23-16(21)18(11-5-6-12-20,17(22)24-4-2)13-14-7-9-15(19)10-8-14/h5-10,20H,3-4,11-13H2,1-2H3/b6-5-. The molecule has 1 aromatic rings. The highest BCUT2D eigenvalue weighted by atomic mass is 19.1. The Balaban J connectivity index is 3.25. The summed E-state index contributed by atoms with van der Waals surface area (Å²) in [6.45, 7) is 3.32. The van der Waals surface area contributed by atoms with Gasteiger partial charge in [-0.05, 0) is 44.4 Å². The molecule has 0 unspecified atom stereocenters. The lowest BCUT2D eigenvalue weighted by Crippen LogP contribution is -2.43. The van der Waals surface area contributed by atoms with Gasteiger partial charge in [-0.15, -0.1) is 0 Å². The van der Waals surface area contributed by atoms with E-state index in [9.17, 15) is 14.0 Å². The summed E-state index contributed by atoms with van der Waals surface area (Å²) < 4.78 is 23.3. The van der Waals surface area contributed by atoms with Gasteiger partial charge in [0.15, 0.2) is 5.41 Å². The maximum Gasteiger partial charge on any atom is 0.324 e. The smallest absolute Gasteiger partial charge is 0.324 e. The van der Waals surface area contributed by atoms with Crippen LogP contribution in [0.2, 0.25) is 0 Å². The van der Waals surface area contributed by atoms with Crippen molar-refractivity contribution in [1.29, 1.82) is 0 Å². The molecule has 0 heterocycles. The van der Waals surface area contributed by atoms with Crippen molar-refractivity contribution in [2.24, 2.45) is 5.41 Å². The molecule has 0 aliphatic carbocycles. The minimum absolute atomic E-state index is 0.0146. The van der Waals surface area contributed by atoms with Gasteiger partial charge in [0.05, 0.1) is 19.8 Å². The zero-order valence-corrected chi connectivity index (χ0v) is 14.0. The number of aliphatic hydroxyl groups is 1. The summed E-state index contributed by atoms with van der Waals surface area (Å²) in [4.78, 5) is 25.1. The van der Waals surface area contributed by atoms with Crippen molar-refractivity contribution in [3.63, 3.8) is 0 Å². The zero-order valence-electron chi connectivity index (χ0n) is 14.0. The highest BCUT2D eigenvalue weighted by molar-refractivity contribution is 6.00. The second kappa shape index (κ2) is 9.82. The summed E-state index contributed by atoms with van der Waals surface area (Å²) in [5.74, 6) is -1.80. The van der Waals surface area contributed by atoms with Gasteiger partial charge in [-0.3, -0.25) is 9.59 Å². The quantitative estimate of drug-likeness (QED) is 0.425.